The summed E-state index contributed by atoms with van der Waals surface area (Å²) in [5.74, 6) is 0.545. The molecule has 0 spiro atoms. The highest BCUT2D eigenvalue weighted by Gasteiger charge is 2.22. The molecule has 0 N–H and O–H groups in total. The van der Waals surface area contributed by atoms with Gasteiger partial charge in [0.05, 0.1) is 17.2 Å². The number of fused-ring (bicyclic) bond motifs is 1. The number of rotatable bonds is 4. The summed E-state index contributed by atoms with van der Waals surface area (Å²) in [5.41, 5.74) is 2.00. The van der Waals surface area contributed by atoms with E-state index in [1.807, 2.05) is 30.3 Å². The molecule has 0 saturated carbocycles. The summed E-state index contributed by atoms with van der Waals surface area (Å²) < 4.78 is 25.8. The molecule has 5 aromatic rings. The van der Waals surface area contributed by atoms with Crippen LogP contribution in [0.15, 0.2) is 68.6 Å². The summed E-state index contributed by atoms with van der Waals surface area (Å²) in [5, 5.41) is 12.6. The minimum atomic E-state index is -0.452. The van der Waals surface area contributed by atoms with Gasteiger partial charge in [0, 0.05) is 11.6 Å². The Kier molecular flexibility index (Phi) is 4.20. The van der Waals surface area contributed by atoms with Crippen LogP contribution in [-0.2, 0) is 6.54 Å². The molecule has 0 saturated heterocycles. The standard InChI is InChI=1S/C21H14FN5O3/c1-12-18(19(26-30-12)13-5-3-2-4-6-13)20-25-24-17(29-20)10-27-11-23-16-9-14(22)7-8-15(16)21(27)28/h2-9,11H,10H2,1H3. The molecule has 0 amide bonds. The molecule has 148 valence electrons. The number of nitrogens with zero attached hydrogens (tertiary/aromatic N) is 5. The summed E-state index contributed by atoms with van der Waals surface area (Å²) in [7, 11) is 0. The third-order valence-electron chi connectivity index (χ3n) is 4.68. The first-order valence-electron chi connectivity index (χ1n) is 9.09. The number of aromatic nitrogens is 5. The highest BCUT2D eigenvalue weighted by molar-refractivity contribution is 5.78. The van der Waals surface area contributed by atoms with Crippen LogP contribution in [0.4, 0.5) is 4.39 Å². The molecular formula is C21H14FN5O3. The van der Waals surface area contributed by atoms with Gasteiger partial charge in [-0.3, -0.25) is 9.36 Å². The summed E-state index contributed by atoms with van der Waals surface area (Å²) in [6.45, 7) is 1.78. The van der Waals surface area contributed by atoms with Crippen molar-refractivity contribution in [3.8, 4) is 22.7 Å². The van der Waals surface area contributed by atoms with Crippen LogP contribution >= 0.6 is 0 Å². The Morgan fingerprint density at radius 2 is 1.93 bits per heavy atom. The van der Waals surface area contributed by atoms with Crippen molar-refractivity contribution in [1.29, 1.82) is 0 Å². The molecule has 0 aliphatic rings. The van der Waals surface area contributed by atoms with E-state index in [0.29, 0.717) is 22.4 Å². The lowest BCUT2D eigenvalue weighted by Crippen LogP contribution is -2.21. The van der Waals surface area contributed by atoms with Crippen LogP contribution in [0.3, 0.4) is 0 Å². The van der Waals surface area contributed by atoms with E-state index in [9.17, 15) is 9.18 Å². The predicted octanol–water partition coefficient (Wildman–Crippen LogP) is 3.60. The maximum Gasteiger partial charge on any atom is 0.261 e. The molecule has 2 aromatic carbocycles. The first-order chi connectivity index (χ1) is 14.6. The number of aryl methyl sites for hydroxylation is 1. The fraction of sp³-hybridized carbons (Fsp3) is 0.0952. The van der Waals surface area contributed by atoms with Crippen molar-refractivity contribution in [2.75, 3.05) is 0 Å². The summed E-state index contributed by atoms with van der Waals surface area (Å²) >= 11 is 0. The number of benzene rings is 2. The zero-order valence-corrected chi connectivity index (χ0v) is 15.7. The van der Waals surface area contributed by atoms with Gasteiger partial charge >= 0.3 is 0 Å². The third-order valence-corrected chi connectivity index (χ3v) is 4.68. The zero-order valence-electron chi connectivity index (χ0n) is 15.7. The Balaban J connectivity index is 1.50. The van der Waals surface area contributed by atoms with E-state index >= 15 is 0 Å². The molecule has 0 fully saturated rings. The van der Waals surface area contributed by atoms with Gasteiger partial charge in [0.1, 0.15) is 29.4 Å². The van der Waals surface area contributed by atoms with Crippen molar-refractivity contribution in [3.05, 3.63) is 82.7 Å². The van der Waals surface area contributed by atoms with Crippen molar-refractivity contribution in [1.82, 2.24) is 24.9 Å². The van der Waals surface area contributed by atoms with Gasteiger partial charge in [0.15, 0.2) is 0 Å². The van der Waals surface area contributed by atoms with E-state index < -0.39 is 5.82 Å². The number of halogens is 1. The first-order valence-corrected chi connectivity index (χ1v) is 9.09. The SMILES string of the molecule is Cc1onc(-c2ccccc2)c1-c1nnc(Cn2cnc3cc(F)ccc3c2=O)o1. The molecule has 0 unspecified atom stereocenters. The summed E-state index contributed by atoms with van der Waals surface area (Å²) in [6.07, 6.45) is 1.33. The van der Waals surface area contributed by atoms with Crippen molar-refractivity contribution in [3.63, 3.8) is 0 Å². The summed E-state index contributed by atoms with van der Waals surface area (Å²) in [6, 6.07) is 13.3. The lowest BCUT2D eigenvalue weighted by molar-refractivity contribution is 0.399. The third kappa shape index (κ3) is 3.06. The van der Waals surface area contributed by atoms with E-state index in [1.165, 1.54) is 29.1 Å². The second kappa shape index (κ2) is 7.03. The molecule has 3 aromatic heterocycles. The van der Waals surface area contributed by atoms with Gasteiger partial charge in [-0.1, -0.05) is 35.5 Å². The van der Waals surface area contributed by atoms with Crippen LogP contribution in [-0.4, -0.2) is 24.9 Å². The minimum absolute atomic E-state index is 0.0249. The van der Waals surface area contributed by atoms with Crippen LogP contribution in [0.2, 0.25) is 0 Å². The van der Waals surface area contributed by atoms with Crippen LogP contribution in [0.25, 0.3) is 33.6 Å². The molecule has 5 rings (SSSR count). The monoisotopic (exact) mass is 403 g/mol. The van der Waals surface area contributed by atoms with Gasteiger partial charge in [0.25, 0.3) is 11.4 Å². The smallest absolute Gasteiger partial charge is 0.261 e. The van der Waals surface area contributed by atoms with E-state index in [-0.39, 0.29) is 29.4 Å². The number of hydrogen-bond acceptors (Lipinski definition) is 7. The van der Waals surface area contributed by atoms with Gasteiger partial charge in [0.2, 0.25) is 5.89 Å². The normalized spacial score (nSPS) is 11.3. The highest BCUT2D eigenvalue weighted by Crippen LogP contribution is 2.33. The lowest BCUT2D eigenvalue weighted by atomic mass is 10.1. The Morgan fingerprint density at radius 3 is 2.77 bits per heavy atom. The quantitative estimate of drug-likeness (QED) is 0.452. The fourth-order valence-corrected chi connectivity index (χ4v) is 3.23. The molecule has 9 heteroatoms. The molecule has 0 bridgehead atoms. The van der Waals surface area contributed by atoms with Crippen LogP contribution in [0, 0.1) is 12.7 Å². The largest absolute Gasteiger partial charge is 0.419 e. The molecule has 8 nitrogen and oxygen atoms in total. The second-order valence-corrected chi connectivity index (χ2v) is 6.67. The lowest BCUT2D eigenvalue weighted by Gasteiger charge is -2.03. The van der Waals surface area contributed by atoms with Gasteiger partial charge in [-0.15, -0.1) is 10.2 Å². The maximum atomic E-state index is 13.3. The molecule has 0 atom stereocenters. The maximum absolute atomic E-state index is 13.3. The van der Waals surface area contributed by atoms with E-state index in [4.69, 9.17) is 8.94 Å². The molecular weight excluding hydrogens is 389 g/mol. The minimum Gasteiger partial charge on any atom is -0.419 e. The molecule has 30 heavy (non-hydrogen) atoms. The molecule has 0 aliphatic heterocycles. The fourth-order valence-electron chi connectivity index (χ4n) is 3.23. The van der Waals surface area contributed by atoms with Crippen molar-refractivity contribution >= 4 is 10.9 Å². The number of hydrogen-bond donors (Lipinski definition) is 0. The Labute approximate surface area is 168 Å². The highest BCUT2D eigenvalue weighted by atomic mass is 19.1. The van der Waals surface area contributed by atoms with E-state index in [2.05, 4.69) is 20.3 Å². The molecule has 0 aliphatic carbocycles. The van der Waals surface area contributed by atoms with Gasteiger partial charge in [-0.05, 0) is 19.1 Å². The van der Waals surface area contributed by atoms with Crippen LogP contribution in [0.5, 0.6) is 0 Å². The Hall–Kier alpha value is -4.14. The average Bonchev–Trinajstić information content (AvgIpc) is 3.37. The van der Waals surface area contributed by atoms with Gasteiger partial charge < -0.3 is 8.94 Å². The average molecular weight is 403 g/mol. The second-order valence-electron chi connectivity index (χ2n) is 6.67. The molecule has 3 heterocycles. The van der Waals surface area contributed by atoms with E-state index in [1.54, 1.807) is 6.92 Å². The van der Waals surface area contributed by atoms with Crippen molar-refractivity contribution in [2.45, 2.75) is 13.5 Å². The molecule has 0 radical (unpaired) electrons. The Morgan fingerprint density at radius 1 is 1.10 bits per heavy atom. The van der Waals surface area contributed by atoms with Crippen LogP contribution < -0.4 is 5.56 Å². The van der Waals surface area contributed by atoms with Crippen molar-refractivity contribution < 1.29 is 13.3 Å². The van der Waals surface area contributed by atoms with Gasteiger partial charge in [-0.2, -0.15) is 0 Å². The Bertz CT molecular complexity index is 1420. The summed E-state index contributed by atoms with van der Waals surface area (Å²) in [4.78, 5) is 16.8. The topological polar surface area (TPSA) is 99.8 Å². The first kappa shape index (κ1) is 17.9. The zero-order chi connectivity index (χ0) is 20.7. The van der Waals surface area contributed by atoms with Crippen LogP contribution in [0.1, 0.15) is 11.7 Å². The van der Waals surface area contributed by atoms with Gasteiger partial charge in [-0.25, -0.2) is 9.37 Å². The van der Waals surface area contributed by atoms with Crippen molar-refractivity contribution in [2.24, 2.45) is 0 Å². The van der Waals surface area contributed by atoms with E-state index in [0.717, 1.165) is 5.56 Å². The predicted molar refractivity (Wildman–Crippen MR) is 105 cm³/mol.